The fourth-order valence-corrected chi connectivity index (χ4v) is 2.15. The molecule has 0 atom stereocenters. The molecule has 0 spiro atoms. The van der Waals surface area contributed by atoms with Crippen LogP contribution in [-0.2, 0) is 0 Å². The maximum Gasteiger partial charge on any atom is 0.281 e. The summed E-state index contributed by atoms with van der Waals surface area (Å²) in [4.78, 5) is 12.3. The average Bonchev–Trinajstić information content (AvgIpc) is 2.94. The summed E-state index contributed by atoms with van der Waals surface area (Å²) in [5, 5.41) is 5.78. The number of nitrogens with one attached hydrogen (secondary N) is 1. The van der Waals surface area contributed by atoms with Crippen molar-refractivity contribution >= 4 is 23.5 Å². The molecule has 5 heteroatoms. The standard InChI is InChI=1S/C15H16N2O2S/c1-11(2)19-13-7-5-12(6-8-13)10-16-17-15(18)14-4-3-9-20-14/h3-11H,1-2H3,(H,17,18). The van der Waals surface area contributed by atoms with Crippen LogP contribution in [0.25, 0.3) is 0 Å². The number of ether oxygens (including phenoxy) is 1. The van der Waals surface area contributed by atoms with Crippen LogP contribution in [0.2, 0.25) is 0 Å². The Morgan fingerprint density at radius 2 is 2.05 bits per heavy atom. The molecule has 104 valence electrons. The van der Waals surface area contributed by atoms with Gasteiger partial charge >= 0.3 is 0 Å². The van der Waals surface area contributed by atoms with Gasteiger partial charge in [0, 0.05) is 0 Å². The van der Waals surface area contributed by atoms with Gasteiger partial charge in [-0.3, -0.25) is 4.79 Å². The van der Waals surface area contributed by atoms with Gasteiger partial charge in [-0.25, -0.2) is 5.43 Å². The van der Waals surface area contributed by atoms with Crippen molar-refractivity contribution in [1.82, 2.24) is 5.43 Å². The number of hydrogen-bond donors (Lipinski definition) is 1. The van der Waals surface area contributed by atoms with Crippen molar-refractivity contribution in [3.8, 4) is 5.75 Å². The van der Waals surface area contributed by atoms with Crippen LogP contribution in [0.1, 0.15) is 29.1 Å². The average molecular weight is 288 g/mol. The first-order valence-electron chi connectivity index (χ1n) is 6.29. The van der Waals surface area contributed by atoms with E-state index >= 15 is 0 Å². The molecule has 1 aromatic heterocycles. The Kier molecular flexibility index (Phi) is 4.90. The number of amides is 1. The van der Waals surface area contributed by atoms with E-state index in [0.717, 1.165) is 11.3 Å². The second-order valence-electron chi connectivity index (χ2n) is 4.41. The second-order valence-corrected chi connectivity index (χ2v) is 5.36. The minimum atomic E-state index is -0.198. The third kappa shape index (κ3) is 4.20. The highest BCUT2D eigenvalue weighted by Gasteiger charge is 2.03. The lowest BCUT2D eigenvalue weighted by Gasteiger charge is -2.09. The van der Waals surface area contributed by atoms with E-state index in [1.165, 1.54) is 11.3 Å². The van der Waals surface area contributed by atoms with Crippen molar-refractivity contribution in [2.24, 2.45) is 5.10 Å². The summed E-state index contributed by atoms with van der Waals surface area (Å²) >= 11 is 1.38. The molecule has 0 bridgehead atoms. The fourth-order valence-electron chi connectivity index (χ4n) is 1.53. The van der Waals surface area contributed by atoms with Gasteiger partial charge in [0.15, 0.2) is 0 Å². The summed E-state index contributed by atoms with van der Waals surface area (Å²) in [7, 11) is 0. The van der Waals surface area contributed by atoms with Crippen molar-refractivity contribution in [3.63, 3.8) is 0 Å². The zero-order chi connectivity index (χ0) is 14.4. The predicted molar refractivity (Wildman–Crippen MR) is 81.6 cm³/mol. The van der Waals surface area contributed by atoms with Crippen LogP contribution in [0, 0.1) is 0 Å². The van der Waals surface area contributed by atoms with Crippen molar-refractivity contribution in [1.29, 1.82) is 0 Å². The third-order valence-electron chi connectivity index (χ3n) is 2.38. The monoisotopic (exact) mass is 288 g/mol. The molecule has 2 aromatic rings. The predicted octanol–water partition coefficient (Wildman–Crippen LogP) is 3.30. The van der Waals surface area contributed by atoms with Gasteiger partial charge in [-0.15, -0.1) is 11.3 Å². The Bertz CT molecular complexity index is 574. The molecule has 0 saturated carbocycles. The lowest BCUT2D eigenvalue weighted by Crippen LogP contribution is -2.16. The fraction of sp³-hybridized carbons (Fsp3) is 0.200. The highest BCUT2D eigenvalue weighted by atomic mass is 32.1. The number of benzene rings is 1. The Morgan fingerprint density at radius 1 is 1.30 bits per heavy atom. The molecule has 0 aliphatic carbocycles. The molecular weight excluding hydrogens is 272 g/mol. The molecule has 0 aliphatic heterocycles. The highest BCUT2D eigenvalue weighted by molar-refractivity contribution is 7.12. The molecule has 1 amide bonds. The van der Waals surface area contributed by atoms with E-state index in [1.54, 1.807) is 12.3 Å². The Morgan fingerprint density at radius 3 is 2.65 bits per heavy atom. The summed E-state index contributed by atoms with van der Waals surface area (Å²) in [5.41, 5.74) is 3.39. The van der Waals surface area contributed by atoms with Gasteiger partial charge in [0.1, 0.15) is 5.75 Å². The molecule has 20 heavy (non-hydrogen) atoms. The van der Waals surface area contributed by atoms with Crippen LogP contribution >= 0.6 is 11.3 Å². The number of hydrazone groups is 1. The van der Waals surface area contributed by atoms with Crippen molar-refractivity contribution in [2.75, 3.05) is 0 Å². The summed E-state index contributed by atoms with van der Waals surface area (Å²) in [6.07, 6.45) is 1.75. The van der Waals surface area contributed by atoms with E-state index in [4.69, 9.17) is 4.74 Å². The van der Waals surface area contributed by atoms with E-state index < -0.39 is 0 Å². The molecule has 0 radical (unpaired) electrons. The minimum Gasteiger partial charge on any atom is -0.491 e. The summed E-state index contributed by atoms with van der Waals surface area (Å²) in [6, 6.07) is 11.1. The quantitative estimate of drug-likeness (QED) is 0.678. The van der Waals surface area contributed by atoms with Gasteiger partial charge in [0.25, 0.3) is 5.91 Å². The zero-order valence-electron chi connectivity index (χ0n) is 11.4. The van der Waals surface area contributed by atoms with Crippen molar-refractivity contribution in [3.05, 3.63) is 52.2 Å². The molecule has 2 rings (SSSR count). The van der Waals surface area contributed by atoms with Crippen LogP contribution in [0.5, 0.6) is 5.75 Å². The van der Waals surface area contributed by atoms with Crippen LogP contribution in [-0.4, -0.2) is 18.2 Å². The largest absolute Gasteiger partial charge is 0.491 e. The first-order chi connectivity index (χ1) is 9.65. The number of carbonyl (C=O) groups is 1. The summed E-state index contributed by atoms with van der Waals surface area (Å²) < 4.78 is 5.55. The third-order valence-corrected chi connectivity index (χ3v) is 3.25. The number of rotatable bonds is 5. The van der Waals surface area contributed by atoms with Crippen molar-refractivity contribution in [2.45, 2.75) is 20.0 Å². The van der Waals surface area contributed by atoms with E-state index in [9.17, 15) is 4.79 Å². The van der Waals surface area contributed by atoms with Gasteiger partial charge < -0.3 is 4.74 Å². The lowest BCUT2D eigenvalue weighted by molar-refractivity contribution is 0.0959. The topological polar surface area (TPSA) is 50.7 Å². The molecular formula is C15H16N2O2S. The molecule has 0 saturated heterocycles. The van der Waals surface area contributed by atoms with Crippen LogP contribution in [0.15, 0.2) is 46.9 Å². The zero-order valence-corrected chi connectivity index (χ0v) is 12.2. The molecule has 0 fully saturated rings. The van der Waals surface area contributed by atoms with E-state index in [2.05, 4.69) is 10.5 Å². The SMILES string of the molecule is CC(C)Oc1ccc(C=NNC(=O)c2cccs2)cc1. The van der Waals surface area contributed by atoms with Crippen LogP contribution < -0.4 is 10.2 Å². The summed E-state index contributed by atoms with van der Waals surface area (Å²) in [6.45, 7) is 3.96. The number of nitrogens with zero attached hydrogens (tertiary/aromatic N) is 1. The molecule has 4 nitrogen and oxygen atoms in total. The van der Waals surface area contributed by atoms with E-state index in [1.807, 2.05) is 49.6 Å². The van der Waals surface area contributed by atoms with E-state index in [-0.39, 0.29) is 12.0 Å². The number of hydrogen-bond acceptors (Lipinski definition) is 4. The number of carbonyl (C=O) groups excluding carboxylic acids is 1. The molecule has 1 N–H and O–H groups in total. The maximum absolute atomic E-state index is 11.6. The molecule has 1 heterocycles. The smallest absolute Gasteiger partial charge is 0.281 e. The second kappa shape index (κ2) is 6.86. The normalized spacial score (nSPS) is 10.9. The van der Waals surface area contributed by atoms with Gasteiger partial charge in [0.05, 0.1) is 17.2 Å². The van der Waals surface area contributed by atoms with Gasteiger partial charge in [-0.1, -0.05) is 6.07 Å². The summed E-state index contributed by atoms with van der Waals surface area (Å²) in [5.74, 6) is 0.621. The maximum atomic E-state index is 11.6. The highest BCUT2D eigenvalue weighted by Crippen LogP contribution is 2.12. The van der Waals surface area contributed by atoms with Crippen molar-refractivity contribution < 1.29 is 9.53 Å². The minimum absolute atomic E-state index is 0.152. The Hall–Kier alpha value is -2.14. The number of thiophene rings is 1. The van der Waals surface area contributed by atoms with Crippen LogP contribution in [0.4, 0.5) is 0 Å². The molecule has 0 aliphatic rings. The van der Waals surface area contributed by atoms with Gasteiger partial charge in [0.2, 0.25) is 0 Å². The van der Waals surface area contributed by atoms with Gasteiger partial charge in [-0.05, 0) is 55.1 Å². The first-order valence-corrected chi connectivity index (χ1v) is 7.17. The molecule has 0 unspecified atom stereocenters. The van der Waals surface area contributed by atoms with Crippen LogP contribution in [0.3, 0.4) is 0 Å². The molecule has 1 aromatic carbocycles. The Labute approximate surface area is 122 Å². The van der Waals surface area contributed by atoms with Gasteiger partial charge in [-0.2, -0.15) is 5.10 Å². The first kappa shape index (κ1) is 14.3. The lowest BCUT2D eigenvalue weighted by atomic mass is 10.2. The van der Waals surface area contributed by atoms with E-state index in [0.29, 0.717) is 4.88 Å². The Balaban J connectivity index is 1.89.